The molecule has 0 bridgehead atoms. The summed E-state index contributed by atoms with van der Waals surface area (Å²) in [5.74, 6) is -2.07. The van der Waals surface area contributed by atoms with E-state index in [9.17, 15) is 19.5 Å². The molecular formula is C18H16N6O5S3. The van der Waals surface area contributed by atoms with E-state index in [2.05, 4.69) is 20.4 Å². The first-order chi connectivity index (χ1) is 15.4. The summed E-state index contributed by atoms with van der Waals surface area (Å²) in [4.78, 5) is 51.5. The van der Waals surface area contributed by atoms with Gasteiger partial charge in [0.2, 0.25) is 0 Å². The van der Waals surface area contributed by atoms with Crippen molar-refractivity contribution in [2.24, 2.45) is 5.16 Å². The van der Waals surface area contributed by atoms with Crippen LogP contribution in [-0.4, -0.2) is 67.7 Å². The van der Waals surface area contributed by atoms with Crippen LogP contribution in [0.3, 0.4) is 0 Å². The third-order valence-electron chi connectivity index (χ3n) is 4.56. The number of nitrogen functional groups attached to an aromatic ring is 1. The minimum Gasteiger partial charge on any atom is -0.477 e. The number of β-lactam (4-membered cyclic amide) rings is 1. The van der Waals surface area contributed by atoms with Crippen molar-refractivity contribution >= 4 is 69.1 Å². The van der Waals surface area contributed by atoms with Crippen LogP contribution < -0.4 is 11.1 Å². The fourth-order valence-corrected chi connectivity index (χ4v) is 5.55. The van der Waals surface area contributed by atoms with Gasteiger partial charge in [0, 0.05) is 16.5 Å². The number of anilines is 1. The van der Waals surface area contributed by atoms with Gasteiger partial charge in [-0.2, -0.15) is 0 Å². The number of aliphatic carboxylic acids is 1. The van der Waals surface area contributed by atoms with Gasteiger partial charge in [0.15, 0.2) is 10.8 Å². The number of carbonyl (C=O) groups is 3. The maximum absolute atomic E-state index is 12.8. The van der Waals surface area contributed by atoms with Crippen LogP contribution in [0.25, 0.3) is 6.08 Å². The highest BCUT2D eigenvalue weighted by atomic mass is 32.2. The smallest absolute Gasteiger partial charge is 0.352 e. The molecule has 1 unspecified atom stereocenters. The van der Waals surface area contributed by atoms with Crippen LogP contribution in [0.5, 0.6) is 0 Å². The molecule has 0 saturated carbocycles. The zero-order valence-electron chi connectivity index (χ0n) is 16.4. The highest BCUT2D eigenvalue weighted by molar-refractivity contribution is 8.00. The molecule has 0 spiro atoms. The van der Waals surface area contributed by atoms with Crippen molar-refractivity contribution in [1.29, 1.82) is 0 Å². The molecule has 4 rings (SSSR count). The van der Waals surface area contributed by atoms with Gasteiger partial charge in [-0.25, -0.2) is 14.8 Å². The van der Waals surface area contributed by atoms with Crippen molar-refractivity contribution in [3.63, 3.8) is 0 Å². The van der Waals surface area contributed by atoms with Crippen LogP contribution in [0, 0.1) is 0 Å². The number of carbonyl (C=O) groups excluding carboxylic acids is 2. The number of fused-ring (bicyclic) bond motifs is 1. The number of thioether (sulfide) groups is 1. The van der Waals surface area contributed by atoms with E-state index in [-0.39, 0.29) is 22.2 Å². The number of nitrogens with zero attached hydrogens (tertiary/aromatic N) is 4. The monoisotopic (exact) mass is 492 g/mol. The van der Waals surface area contributed by atoms with Crippen molar-refractivity contribution in [3.8, 4) is 0 Å². The number of thiazole rings is 2. The van der Waals surface area contributed by atoms with Gasteiger partial charge < -0.3 is 21.0 Å². The Bertz CT molecular complexity index is 1160. The molecule has 14 heteroatoms. The first-order valence-corrected chi connectivity index (χ1v) is 11.9. The Morgan fingerprint density at radius 2 is 2.22 bits per heavy atom. The van der Waals surface area contributed by atoms with Crippen LogP contribution in [0.15, 0.2) is 38.8 Å². The van der Waals surface area contributed by atoms with E-state index in [1.807, 2.05) is 5.38 Å². The summed E-state index contributed by atoms with van der Waals surface area (Å²) in [5, 5.41) is 19.1. The van der Waals surface area contributed by atoms with E-state index >= 15 is 0 Å². The van der Waals surface area contributed by atoms with Gasteiger partial charge in [-0.3, -0.25) is 14.5 Å². The molecule has 0 aromatic carbocycles. The van der Waals surface area contributed by atoms with Crippen LogP contribution >= 0.6 is 34.4 Å². The molecule has 4 N–H and O–H groups in total. The molecule has 2 aliphatic heterocycles. The topological polar surface area (TPSA) is 160 Å². The van der Waals surface area contributed by atoms with E-state index in [1.165, 1.54) is 35.1 Å². The Labute approximate surface area is 193 Å². The van der Waals surface area contributed by atoms with E-state index in [0.717, 1.165) is 11.3 Å². The molecule has 2 atom stereocenters. The number of nitrogens with two attached hydrogens (primary N) is 1. The predicted molar refractivity (Wildman–Crippen MR) is 121 cm³/mol. The summed E-state index contributed by atoms with van der Waals surface area (Å²) in [6, 6.07) is -0.913. The van der Waals surface area contributed by atoms with Gasteiger partial charge >= 0.3 is 5.97 Å². The summed E-state index contributed by atoms with van der Waals surface area (Å²) in [7, 11) is 1.28. The highest BCUT2D eigenvalue weighted by Crippen LogP contribution is 2.40. The fraction of sp³-hybridized carbons (Fsp3) is 0.222. The van der Waals surface area contributed by atoms with Gasteiger partial charge in [-0.1, -0.05) is 11.2 Å². The molecule has 2 aromatic rings. The van der Waals surface area contributed by atoms with Crippen LogP contribution in [0.1, 0.15) is 11.4 Å². The number of rotatable bonds is 7. The summed E-state index contributed by atoms with van der Waals surface area (Å²) < 4.78 is 0. The first-order valence-electron chi connectivity index (χ1n) is 9.01. The molecule has 0 aliphatic carbocycles. The van der Waals surface area contributed by atoms with Crippen molar-refractivity contribution in [2.75, 3.05) is 18.6 Å². The second-order valence-electron chi connectivity index (χ2n) is 6.48. The lowest BCUT2D eigenvalue weighted by atomic mass is 10.0. The number of aromatic nitrogens is 2. The Morgan fingerprint density at radius 3 is 2.84 bits per heavy atom. The minimum absolute atomic E-state index is 0.103. The number of hydrogen-bond donors (Lipinski definition) is 3. The summed E-state index contributed by atoms with van der Waals surface area (Å²) in [6.07, 6.45) is 3.35. The summed E-state index contributed by atoms with van der Waals surface area (Å²) in [5.41, 5.74) is 8.46. The van der Waals surface area contributed by atoms with Crippen molar-refractivity contribution in [2.45, 2.75) is 11.4 Å². The molecule has 1 fully saturated rings. The third-order valence-corrected chi connectivity index (χ3v) is 7.14. The molecule has 2 aromatic heterocycles. The largest absolute Gasteiger partial charge is 0.477 e. The lowest BCUT2D eigenvalue weighted by Gasteiger charge is -2.49. The lowest BCUT2D eigenvalue weighted by molar-refractivity contribution is -0.150. The number of carboxylic acid groups (broad SMARTS) is 1. The number of oxime groups is 1. The molecule has 1 saturated heterocycles. The first kappa shape index (κ1) is 22.0. The maximum atomic E-state index is 12.8. The Kier molecular flexibility index (Phi) is 6.25. The average molecular weight is 493 g/mol. The maximum Gasteiger partial charge on any atom is 0.352 e. The quantitative estimate of drug-likeness (QED) is 0.291. The molecular weight excluding hydrogens is 476 g/mol. The summed E-state index contributed by atoms with van der Waals surface area (Å²) >= 11 is 3.91. The molecule has 166 valence electrons. The molecule has 2 aliphatic rings. The zero-order valence-corrected chi connectivity index (χ0v) is 18.9. The molecule has 0 radical (unpaired) electrons. The van der Waals surface area contributed by atoms with E-state index < -0.39 is 29.2 Å². The van der Waals surface area contributed by atoms with Gasteiger partial charge in [-0.15, -0.1) is 34.4 Å². The third kappa shape index (κ3) is 4.11. The molecule has 32 heavy (non-hydrogen) atoms. The number of allylic oxidation sites excluding steroid dienone is 1. The van der Waals surface area contributed by atoms with Crippen LogP contribution in [-0.2, 0) is 19.2 Å². The number of amides is 2. The molecule has 11 nitrogen and oxygen atoms in total. The van der Waals surface area contributed by atoms with Crippen molar-refractivity contribution in [1.82, 2.24) is 20.2 Å². The minimum atomic E-state index is -1.22. The average Bonchev–Trinajstić information content (AvgIpc) is 3.45. The predicted octanol–water partition coefficient (Wildman–Crippen LogP) is 0.984. The van der Waals surface area contributed by atoms with E-state index in [1.54, 1.807) is 23.0 Å². The van der Waals surface area contributed by atoms with E-state index in [0.29, 0.717) is 17.0 Å². The number of hydrogen-bond acceptors (Lipinski definition) is 11. The Balaban J connectivity index is 1.53. The van der Waals surface area contributed by atoms with Gasteiger partial charge in [-0.05, 0) is 11.6 Å². The highest BCUT2D eigenvalue weighted by Gasteiger charge is 2.54. The second-order valence-corrected chi connectivity index (χ2v) is 9.19. The van der Waals surface area contributed by atoms with Gasteiger partial charge in [0.25, 0.3) is 11.8 Å². The van der Waals surface area contributed by atoms with Crippen LogP contribution in [0.2, 0.25) is 0 Å². The second kappa shape index (κ2) is 9.10. The molecule has 2 amide bonds. The van der Waals surface area contributed by atoms with E-state index in [4.69, 9.17) is 10.6 Å². The Morgan fingerprint density at radius 1 is 1.41 bits per heavy atom. The zero-order chi connectivity index (χ0) is 22.8. The Hall–Kier alpha value is -3.23. The van der Waals surface area contributed by atoms with Crippen molar-refractivity contribution < 1.29 is 24.3 Å². The standard InChI is InChI=1S/C18H16N6O5S3/c1-29-23-11(10-6-32-18(19)21-10)14(25)22-12-15(26)24-13(17(27)28)8(4-31-16(12)24)2-3-9-5-30-7-20-9/h2-3,5-7,12,16H,4H2,1H3,(H2,19,21)(H,22,25)(H,27,28)/t12?,16-/m0/s1. The number of nitrogens with one attached hydrogen (secondary N) is 1. The molecule has 4 heterocycles. The van der Waals surface area contributed by atoms with Crippen molar-refractivity contribution in [3.05, 3.63) is 45.0 Å². The van der Waals surface area contributed by atoms with Gasteiger partial charge in [0.05, 0.1) is 11.2 Å². The van der Waals surface area contributed by atoms with Gasteiger partial charge in [0.1, 0.15) is 29.9 Å². The normalized spacial score (nSPS) is 20.8. The van der Waals surface area contributed by atoms with Crippen LogP contribution in [0.4, 0.5) is 5.13 Å². The number of carboxylic acids is 1. The lowest BCUT2D eigenvalue weighted by Crippen LogP contribution is -2.71. The SMILES string of the molecule is CON=C(C(=O)NC1C(=O)N2C(C(=O)O)=C(C=Cc3cscn3)CS[C@@H]12)c1csc(N)n1. The summed E-state index contributed by atoms with van der Waals surface area (Å²) in [6.45, 7) is 0. The fourth-order valence-electron chi connectivity index (χ4n) is 3.16.